The monoisotopic (exact) mass is 242 g/mol. The van der Waals surface area contributed by atoms with Crippen LogP contribution in [0.2, 0.25) is 0 Å². The molecule has 0 radical (unpaired) electrons. The summed E-state index contributed by atoms with van der Waals surface area (Å²) in [5.74, 6) is 0.870. The molecule has 0 aliphatic heterocycles. The third-order valence-electron chi connectivity index (χ3n) is 3.95. The molecular weight excluding hydrogens is 220 g/mol. The summed E-state index contributed by atoms with van der Waals surface area (Å²) in [7, 11) is 0. The van der Waals surface area contributed by atoms with Gasteiger partial charge in [-0.1, -0.05) is 37.3 Å². The van der Waals surface area contributed by atoms with E-state index in [9.17, 15) is 0 Å². The molecule has 1 N–H and O–H groups in total. The first-order valence-corrected chi connectivity index (χ1v) is 6.97. The predicted molar refractivity (Wildman–Crippen MR) is 74.0 cm³/mol. The number of hydrogen-bond donors (Lipinski definition) is 1. The van der Waals surface area contributed by atoms with Crippen molar-refractivity contribution in [3.63, 3.8) is 0 Å². The normalized spacial score (nSPS) is 25.3. The molecule has 0 amide bonds. The van der Waals surface area contributed by atoms with Gasteiger partial charge in [0.15, 0.2) is 0 Å². The maximum Gasteiger partial charge on any atom is 0.0641 e. The van der Waals surface area contributed by atoms with Crippen LogP contribution in [-0.4, -0.2) is 6.04 Å². The topological polar surface area (TPSA) is 35.8 Å². The Morgan fingerprint density at radius 3 is 2.50 bits per heavy atom. The van der Waals surface area contributed by atoms with E-state index in [0.717, 1.165) is 5.92 Å². The summed E-state index contributed by atoms with van der Waals surface area (Å²) in [6, 6.07) is 13.4. The molecule has 1 unspecified atom stereocenters. The highest BCUT2D eigenvalue weighted by atomic mass is 15.0. The standard InChI is InChI=1S/C16H22N2/c1-13-7-9-15(10-8-13)18-16(11-12-17)14-5-3-2-4-6-14/h2-6,13,15-16,18H,7-11H2,1H3. The molecule has 1 aliphatic carbocycles. The lowest BCUT2D eigenvalue weighted by Gasteiger charge is -2.30. The quantitative estimate of drug-likeness (QED) is 0.871. The molecule has 2 rings (SSSR count). The minimum atomic E-state index is 0.189. The number of nitriles is 1. The first kappa shape index (κ1) is 13.1. The minimum Gasteiger partial charge on any atom is -0.306 e. The van der Waals surface area contributed by atoms with Crippen LogP contribution in [0.1, 0.15) is 50.6 Å². The van der Waals surface area contributed by atoms with Gasteiger partial charge in [-0.05, 0) is 37.2 Å². The maximum absolute atomic E-state index is 8.98. The molecule has 1 atom stereocenters. The lowest BCUT2D eigenvalue weighted by atomic mass is 9.86. The fourth-order valence-electron chi connectivity index (χ4n) is 2.76. The van der Waals surface area contributed by atoms with E-state index in [1.54, 1.807) is 0 Å². The van der Waals surface area contributed by atoms with Crippen molar-refractivity contribution in [2.45, 2.75) is 51.1 Å². The van der Waals surface area contributed by atoms with Crippen molar-refractivity contribution in [3.05, 3.63) is 35.9 Å². The van der Waals surface area contributed by atoms with Gasteiger partial charge in [0.2, 0.25) is 0 Å². The highest BCUT2D eigenvalue weighted by Crippen LogP contribution is 2.26. The second kappa shape index (κ2) is 6.56. The Hall–Kier alpha value is -1.33. The van der Waals surface area contributed by atoms with Gasteiger partial charge in [0.25, 0.3) is 0 Å². The van der Waals surface area contributed by atoms with E-state index in [1.807, 2.05) is 18.2 Å². The molecule has 0 spiro atoms. The first-order valence-electron chi connectivity index (χ1n) is 6.97. The summed E-state index contributed by atoms with van der Waals surface area (Å²) < 4.78 is 0. The molecule has 1 fully saturated rings. The number of nitrogens with zero attached hydrogens (tertiary/aromatic N) is 1. The van der Waals surface area contributed by atoms with Crippen LogP contribution in [0.3, 0.4) is 0 Å². The Morgan fingerprint density at radius 2 is 1.89 bits per heavy atom. The molecule has 1 aliphatic rings. The molecule has 0 saturated heterocycles. The summed E-state index contributed by atoms with van der Waals surface area (Å²) in [6.45, 7) is 2.33. The molecule has 2 nitrogen and oxygen atoms in total. The molecule has 2 heteroatoms. The van der Waals surface area contributed by atoms with Crippen molar-refractivity contribution in [1.29, 1.82) is 5.26 Å². The van der Waals surface area contributed by atoms with Crippen LogP contribution in [0.15, 0.2) is 30.3 Å². The summed E-state index contributed by atoms with van der Waals surface area (Å²) >= 11 is 0. The van der Waals surface area contributed by atoms with Gasteiger partial charge in [-0.15, -0.1) is 0 Å². The Morgan fingerprint density at radius 1 is 1.22 bits per heavy atom. The van der Waals surface area contributed by atoms with Crippen molar-refractivity contribution in [2.24, 2.45) is 5.92 Å². The Balaban J connectivity index is 1.97. The Labute approximate surface area is 110 Å². The number of nitrogens with one attached hydrogen (secondary N) is 1. The van der Waals surface area contributed by atoms with Gasteiger partial charge < -0.3 is 5.32 Å². The lowest BCUT2D eigenvalue weighted by Crippen LogP contribution is -2.35. The molecule has 1 aromatic carbocycles. The molecule has 1 saturated carbocycles. The van der Waals surface area contributed by atoms with Crippen molar-refractivity contribution in [2.75, 3.05) is 0 Å². The van der Waals surface area contributed by atoms with Gasteiger partial charge in [-0.25, -0.2) is 0 Å². The highest BCUT2D eigenvalue weighted by molar-refractivity contribution is 5.20. The van der Waals surface area contributed by atoms with E-state index >= 15 is 0 Å². The van der Waals surface area contributed by atoms with Crippen molar-refractivity contribution < 1.29 is 0 Å². The van der Waals surface area contributed by atoms with Crippen LogP contribution in [0, 0.1) is 17.2 Å². The van der Waals surface area contributed by atoms with E-state index in [0.29, 0.717) is 12.5 Å². The average Bonchev–Trinajstić information content (AvgIpc) is 2.42. The highest BCUT2D eigenvalue weighted by Gasteiger charge is 2.21. The molecule has 0 heterocycles. The Bertz CT molecular complexity index is 385. The van der Waals surface area contributed by atoms with Gasteiger partial charge >= 0.3 is 0 Å². The van der Waals surface area contributed by atoms with Gasteiger partial charge in [-0.2, -0.15) is 5.26 Å². The van der Waals surface area contributed by atoms with Crippen molar-refractivity contribution >= 4 is 0 Å². The SMILES string of the molecule is CC1CCC(NC(CC#N)c2ccccc2)CC1. The third kappa shape index (κ3) is 3.58. The number of benzene rings is 1. The fraction of sp³-hybridized carbons (Fsp3) is 0.562. The largest absolute Gasteiger partial charge is 0.306 e. The van der Waals surface area contributed by atoms with Crippen LogP contribution >= 0.6 is 0 Å². The fourth-order valence-corrected chi connectivity index (χ4v) is 2.76. The average molecular weight is 242 g/mol. The summed E-state index contributed by atoms with van der Waals surface area (Å²) in [5.41, 5.74) is 1.23. The zero-order valence-electron chi connectivity index (χ0n) is 11.1. The van der Waals surface area contributed by atoms with E-state index in [2.05, 4.69) is 30.4 Å². The first-order chi connectivity index (χ1) is 8.79. The van der Waals surface area contributed by atoms with Crippen molar-refractivity contribution in [1.82, 2.24) is 5.32 Å². The van der Waals surface area contributed by atoms with Gasteiger partial charge in [0, 0.05) is 12.1 Å². The van der Waals surface area contributed by atoms with Crippen LogP contribution in [0.4, 0.5) is 0 Å². The van der Waals surface area contributed by atoms with Crippen LogP contribution in [-0.2, 0) is 0 Å². The van der Waals surface area contributed by atoms with Gasteiger partial charge in [0.05, 0.1) is 12.5 Å². The zero-order chi connectivity index (χ0) is 12.8. The Kier molecular flexibility index (Phi) is 4.78. The van der Waals surface area contributed by atoms with E-state index in [4.69, 9.17) is 5.26 Å². The molecule has 0 aromatic heterocycles. The minimum absolute atomic E-state index is 0.189. The van der Waals surface area contributed by atoms with Gasteiger partial charge in [-0.3, -0.25) is 0 Å². The van der Waals surface area contributed by atoms with E-state index in [1.165, 1.54) is 31.2 Å². The number of rotatable bonds is 4. The van der Waals surface area contributed by atoms with Crippen LogP contribution in [0.25, 0.3) is 0 Å². The van der Waals surface area contributed by atoms with Crippen LogP contribution < -0.4 is 5.32 Å². The lowest BCUT2D eigenvalue weighted by molar-refractivity contribution is 0.287. The second-order valence-corrected chi connectivity index (χ2v) is 5.45. The molecule has 1 aromatic rings. The molecule has 96 valence electrons. The number of hydrogen-bond acceptors (Lipinski definition) is 2. The van der Waals surface area contributed by atoms with E-state index < -0.39 is 0 Å². The van der Waals surface area contributed by atoms with Crippen LogP contribution in [0.5, 0.6) is 0 Å². The second-order valence-electron chi connectivity index (χ2n) is 5.45. The molecule has 0 bridgehead atoms. The summed E-state index contributed by atoms with van der Waals surface area (Å²) in [4.78, 5) is 0. The summed E-state index contributed by atoms with van der Waals surface area (Å²) in [6.07, 6.45) is 5.67. The maximum atomic E-state index is 8.98. The molecule has 18 heavy (non-hydrogen) atoms. The smallest absolute Gasteiger partial charge is 0.0641 e. The zero-order valence-corrected chi connectivity index (χ0v) is 11.1. The third-order valence-corrected chi connectivity index (χ3v) is 3.95. The van der Waals surface area contributed by atoms with E-state index in [-0.39, 0.29) is 6.04 Å². The predicted octanol–water partition coefficient (Wildman–Crippen LogP) is 3.81. The molecular formula is C16H22N2. The summed E-state index contributed by atoms with van der Waals surface area (Å²) in [5, 5.41) is 12.7. The van der Waals surface area contributed by atoms with Gasteiger partial charge in [0.1, 0.15) is 0 Å². The van der Waals surface area contributed by atoms with Crippen molar-refractivity contribution in [3.8, 4) is 6.07 Å².